The van der Waals surface area contributed by atoms with Gasteiger partial charge in [0.15, 0.2) is 11.6 Å². The van der Waals surface area contributed by atoms with Crippen LogP contribution in [0, 0.1) is 5.92 Å². The molecule has 0 unspecified atom stereocenters. The molecule has 1 fully saturated rings. The van der Waals surface area contributed by atoms with Crippen LogP contribution in [0.3, 0.4) is 0 Å². The Morgan fingerprint density at radius 1 is 1.04 bits per heavy atom. The number of unbranched alkanes of at least 4 members (excludes halogenated alkanes) is 1. The largest absolute Gasteiger partial charge is 0.339 e. The Morgan fingerprint density at radius 3 is 2.14 bits per heavy atom. The normalized spacial score (nSPS) is 20.6. The fourth-order valence-corrected chi connectivity index (χ4v) is 3.70. The zero-order valence-corrected chi connectivity index (χ0v) is 16.6. The Bertz CT molecular complexity index is 679. The number of hydrogen-bond acceptors (Lipinski definition) is 6. The molecule has 1 heterocycles. The van der Waals surface area contributed by atoms with E-state index in [4.69, 9.17) is 17.2 Å². The molecule has 0 radical (unpaired) electrons. The van der Waals surface area contributed by atoms with Crippen molar-refractivity contribution in [1.82, 2.24) is 4.90 Å². The van der Waals surface area contributed by atoms with E-state index in [0.717, 1.165) is 12.8 Å². The summed E-state index contributed by atoms with van der Waals surface area (Å²) in [5.41, 5.74) is 18.7. The average molecular weight is 389 g/mol. The van der Waals surface area contributed by atoms with E-state index in [1.165, 1.54) is 6.92 Å². The lowest BCUT2D eigenvalue weighted by Crippen LogP contribution is -2.55. The summed E-state index contributed by atoms with van der Waals surface area (Å²) in [5.74, 6) is -0.626. The summed E-state index contributed by atoms with van der Waals surface area (Å²) >= 11 is 0. The van der Waals surface area contributed by atoms with Gasteiger partial charge < -0.3 is 22.1 Å². The van der Waals surface area contributed by atoms with E-state index in [1.807, 2.05) is 0 Å². The maximum atomic E-state index is 13.1. The molecule has 7 heteroatoms. The number of likely N-dealkylation sites (tertiary alicyclic amines) is 1. The minimum atomic E-state index is -0.413. The second-order valence-corrected chi connectivity index (χ2v) is 7.74. The molecule has 0 spiro atoms. The van der Waals surface area contributed by atoms with Gasteiger partial charge in [0.25, 0.3) is 0 Å². The lowest BCUT2D eigenvalue weighted by atomic mass is 9.90. The first kappa shape index (κ1) is 22.2. The Kier molecular flexibility index (Phi) is 8.29. The summed E-state index contributed by atoms with van der Waals surface area (Å²) in [7, 11) is 0. The van der Waals surface area contributed by atoms with Gasteiger partial charge in [-0.05, 0) is 32.7 Å². The van der Waals surface area contributed by atoms with Gasteiger partial charge in [-0.15, -0.1) is 0 Å². The monoisotopic (exact) mass is 388 g/mol. The van der Waals surface area contributed by atoms with Gasteiger partial charge in [-0.25, -0.2) is 0 Å². The van der Waals surface area contributed by atoms with E-state index < -0.39 is 5.92 Å². The van der Waals surface area contributed by atoms with E-state index >= 15 is 0 Å². The summed E-state index contributed by atoms with van der Waals surface area (Å²) in [6, 6.07) is 6.31. The molecule has 0 saturated carbocycles. The summed E-state index contributed by atoms with van der Waals surface area (Å²) in [6.45, 7) is 2.99. The molecular weight excluding hydrogens is 356 g/mol. The number of rotatable bonds is 9. The zero-order chi connectivity index (χ0) is 20.7. The Morgan fingerprint density at radius 2 is 1.61 bits per heavy atom. The molecule has 28 heavy (non-hydrogen) atoms. The first-order chi connectivity index (χ1) is 13.3. The molecule has 1 amide bonds. The van der Waals surface area contributed by atoms with E-state index in [0.29, 0.717) is 43.6 Å². The van der Waals surface area contributed by atoms with Crippen molar-refractivity contribution in [3.63, 3.8) is 0 Å². The third kappa shape index (κ3) is 6.22. The first-order valence-electron chi connectivity index (χ1n) is 9.96. The quantitative estimate of drug-likeness (QED) is 0.428. The number of nitrogens with two attached hydrogens (primary N) is 3. The minimum absolute atomic E-state index is 0.0494. The number of piperidine rings is 1. The topological polar surface area (TPSA) is 133 Å². The fourth-order valence-electron chi connectivity index (χ4n) is 3.70. The molecule has 6 N–H and O–H groups in total. The summed E-state index contributed by atoms with van der Waals surface area (Å²) in [4.78, 5) is 38.9. The molecule has 154 valence electrons. The van der Waals surface area contributed by atoms with Crippen molar-refractivity contribution >= 4 is 17.5 Å². The number of carbonyl (C=O) groups excluding carboxylic acids is 3. The second-order valence-electron chi connectivity index (χ2n) is 7.74. The van der Waals surface area contributed by atoms with Crippen molar-refractivity contribution in [1.29, 1.82) is 0 Å². The highest BCUT2D eigenvalue weighted by Crippen LogP contribution is 2.21. The van der Waals surface area contributed by atoms with E-state index in [1.54, 1.807) is 29.2 Å². The molecule has 1 saturated heterocycles. The highest BCUT2D eigenvalue weighted by molar-refractivity contribution is 6.00. The lowest BCUT2D eigenvalue weighted by molar-refractivity contribution is -0.137. The van der Waals surface area contributed by atoms with Gasteiger partial charge in [0.2, 0.25) is 5.91 Å². The Hall–Kier alpha value is -2.09. The summed E-state index contributed by atoms with van der Waals surface area (Å²) in [6.07, 6.45) is 3.03. The highest BCUT2D eigenvalue weighted by Gasteiger charge is 2.31. The van der Waals surface area contributed by atoms with Crippen LogP contribution in [0.5, 0.6) is 0 Å². The number of carbonyl (C=O) groups is 3. The molecule has 0 bridgehead atoms. The fraction of sp³-hybridized carbons (Fsp3) is 0.571. The Balaban J connectivity index is 2.09. The van der Waals surface area contributed by atoms with Crippen molar-refractivity contribution in [3.05, 3.63) is 35.4 Å². The number of amides is 1. The smallest absolute Gasteiger partial charge is 0.226 e. The zero-order valence-electron chi connectivity index (χ0n) is 16.6. The second kappa shape index (κ2) is 10.5. The molecule has 7 nitrogen and oxygen atoms in total. The van der Waals surface area contributed by atoms with Gasteiger partial charge in [0.1, 0.15) is 0 Å². The number of Topliss-reactive ketones (excluding diaryl/α,β-unsaturated/α-hetero) is 2. The maximum absolute atomic E-state index is 13.1. The van der Waals surface area contributed by atoms with Crippen LogP contribution in [-0.4, -0.2) is 54.1 Å². The predicted molar refractivity (Wildman–Crippen MR) is 109 cm³/mol. The molecule has 1 aromatic carbocycles. The summed E-state index contributed by atoms with van der Waals surface area (Å²) < 4.78 is 0. The van der Waals surface area contributed by atoms with Crippen LogP contribution in [0.2, 0.25) is 0 Å². The number of nitrogens with zero attached hydrogens (tertiary/aromatic N) is 1. The Labute approximate surface area is 166 Å². The number of benzene rings is 1. The molecule has 3 atom stereocenters. The van der Waals surface area contributed by atoms with E-state index in [9.17, 15) is 14.4 Å². The van der Waals surface area contributed by atoms with Crippen LogP contribution >= 0.6 is 0 Å². The highest BCUT2D eigenvalue weighted by atomic mass is 16.2. The van der Waals surface area contributed by atoms with Crippen LogP contribution in [0.4, 0.5) is 0 Å². The molecule has 1 aliphatic heterocycles. The minimum Gasteiger partial charge on any atom is -0.339 e. The first-order valence-corrected chi connectivity index (χ1v) is 9.96. The van der Waals surface area contributed by atoms with Crippen molar-refractivity contribution in [2.45, 2.75) is 51.1 Å². The summed E-state index contributed by atoms with van der Waals surface area (Å²) in [5, 5.41) is 0. The maximum Gasteiger partial charge on any atom is 0.226 e. The molecule has 1 aliphatic rings. The van der Waals surface area contributed by atoms with E-state index in [2.05, 4.69) is 0 Å². The molecular formula is C21H32N4O3. The van der Waals surface area contributed by atoms with Crippen LogP contribution in [0.25, 0.3) is 0 Å². The third-order valence-corrected chi connectivity index (χ3v) is 5.23. The van der Waals surface area contributed by atoms with Crippen LogP contribution in [0.1, 0.15) is 59.7 Å². The van der Waals surface area contributed by atoms with E-state index in [-0.39, 0.29) is 36.0 Å². The van der Waals surface area contributed by atoms with Crippen molar-refractivity contribution in [3.8, 4) is 0 Å². The average Bonchev–Trinajstić information content (AvgIpc) is 2.66. The van der Waals surface area contributed by atoms with Gasteiger partial charge in [-0.2, -0.15) is 0 Å². The molecule has 1 aromatic rings. The predicted octanol–water partition coefficient (Wildman–Crippen LogP) is 1.09. The van der Waals surface area contributed by atoms with Crippen molar-refractivity contribution < 1.29 is 14.4 Å². The number of ketones is 2. The van der Waals surface area contributed by atoms with Crippen LogP contribution in [-0.2, 0) is 4.79 Å². The molecule has 0 aliphatic carbocycles. The van der Waals surface area contributed by atoms with Gasteiger partial charge in [-0.1, -0.05) is 30.7 Å². The van der Waals surface area contributed by atoms with Crippen molar-refractivity contribution in [2.75, 3.05) is 19.6 Å². The standard InChI is InChI=1S/C21H32N4O3/c1-14(26)15-5-7-16(8-6-15)20(27)10-17(4-2-3-9-22)21(28)25-12-18(23)11-19(24)13-25/h5-8,17-19H,2-4,9-13,22-24H2,1H3/t17-,18-,19+/m1/s1. The van der Waals surface area contributed by atoms with Crippen LogP contribution < -0.4 is 17.2 Å². The number of hydrogen-bond donors (Lipinski definition) is 3. The SMILES string of the molecule is CC(=O)c1ccc(C(=O)C[C@@H](CCCCN)C(=O)N2C[C@H](N)C[C@H](N)C2)cc1. The van der Waals surface area contributed by atoms with Gasteiger partial charge >= 0.3 is 0 Å². The molecule has 0 aromatic heterocycles. The van der Waals surface area contributed by atoms with Crippen molar-refractivity contribution in [2.24, 2.45) is 23.1 Å². The van der Waals surface area contributed by atoms with Crippen LogP contribution in [0.15, 0.2) is 24.3 Å². The van der Waals surface area contributed by atoms with Gasteiger partial charge in [-0.3, -0.25) is 14.4 Å². The van der Waals surface area contributed by atoms with Gasteiger partial charge in [0, 0.05) is 48.6 Å². The molecule has 2 rings (SSSR count). The third-order valence-electron chi connectivity index (χ3n) is 5.23. The van der Waals surface area contributed by atoms with Gasteiger partial charge in [0.05, 0.1) is 0 Å². The lowest BCUT2D eigenvalue weighted by Gasteiger charge is -2.36.